The predicted molar refractivity (Wildman–Crippen MR) is 140 cm³/mol. The summed E-state index contributed by atoms with van der Waals surface area (Å²) in [6.45, 7) is 6.99. The average molecular weight is 485 g/mol. The third-order valence-electron chi connectivity index (χ3n) is 6.71. The van der Waals surface area contributed by atoms with Crippen LogP contribution in [0.5, 0.6) is 0 Å². The van der Waals surface area contributed by atoms with Gasteiger partial charge in [0.15, 0.2) is 0 Å². The molecule has 0 spiro atoms. The third kappa shape index (κ3) is 5.04. The van der Waals surface area contributed by atoms with E-state index in [1.807, 2.05) is 39.1 Å². The molecule has 1 aliphatic heterocycles. The van der Waals surface area contributed by atoms with Crippen LogP contribution in [0, 0.1) is 5.41 Å². The van der Waals surface area contributed by atoms with Crippen LogP contribution in [0.4, 0.5) is 4.79 Å². The highest BCUT2D eigenvalue weighted by molar-refractivity contribution is 5.71. The van der Waals surface area contributed by atoms with E-state index in [2.05, 4.69) is 67.0 Å². The fraction of sp³-hybridized carbons (Fsp3) is 0.321. The number of benzene rings is 2. The second kappa shape index (κ2) is 9.62. The number of imidazole rings is 2. The molecule has 5 rings (SSSR count). The highest BCUT2D eigenvalue weighted by atomic mass is 16.4. The molecule has 0 radical (unpaired) electrons. The summed E-state index contributed by atoms with van der Waals surface area (Å²) in [5.41, 5.74) is 5.90. The Bertz CT molecular complexity index is 1330. The van der Waals surface area contributed by atoms with E-state index in [1.165, 1.54) is 6.42 Å². The molecular formula is C28H32N6O2. The van der Waals surface area contributed by atoms with Crippen molar-refractivity contribution in [1.82, 2.24) is 30.6 Å². The van der Waals surface area contributed by atoms with Crippen LogP contribution < -0.4 is 10.6 Å². The summed E-state index contributed by atoms with van der Waals surface area (Å²) in [5.74, 6) is 1.61. The van der Waals surface area contributed by atoms with Gasteiger partial charge in [-0.05, 0) is 47.1 Å². The summed E-state index contributed by atoms with van der Waals surface area (Å²) in [4.78, 5) is 27.1. The summed E-state index contributed by atoms with van der Waals surface area (Å²) in [7, 11) is 0. The number of carboxylic acid groups (broad SMARTS) is 1. The summed E-state index contributed by atoms with van der Waals surface area (Å²) in [6, 6.07) is 16.6. The molecule has 36 heavy (non-hydrogen) atoms. The van der Waals surface area contributed by atoms with Gasteiger partial charge < -0.3 is 25.7 Å². The highest BCUT2D eigenvalue weighted by Crippen LogP contribution is 2.33. The Morgan fingerprint density at radius 1 is 0.917 bits per heavy atom. The summed E-state index contributed by atoms with van der Waals surface area (Å²) < 4.78 is 0. The van der Waals surface area contributed by atoms with Gasteiger partial charge in [-0.3, -0.25) is 0 Å². The Hall–Kier alpha value is -3.91. The summed E-state index contributed by atoms with van der Waals surface area (Å²) in [6.07, 6.45) is 4.91. The predicted octanol–water partition coefficient (Wildman–Crippen LogP) is 5.91. The fourth-order valence-electron chi connectivity index (χ4n) is 4.71. The molecule has 0 unspecified atom stereocenters. The number of hydrogen-bond donors (Lipinski definition) is 5. The van der Waals surface area contributed by atoms with Gasteiger partial charge in [0.1, 0.15) is 11.6 Å². The van der Waals surface area contributed by atoms with Gasteiger partial charge >= 0.3 is 6.09 Å². The molecule has 5 N–H and O–H groups in total. The van der Waals surface area contributed by atoms with Gasteiger partial charge in [-0.25, -0.2) is 14.8 Å². The number of nitrogens with zero attached hydrogens (tertiary/aromatic N) is 2. The van der Waals surface area contributed by atoms with Gasteiger partial charge in [0.05, 0.1) is 35.9 Å². The van der Waals surface area contributed by atoms with Gasteiger partial charge in [0.2, 0.25) is 0 Å². The Labute approximate surface area is 210 Å². The Morgan fingerprint density at radius 3 is 2.00 bits per heavy atom. The smallest absolute Gasteiger partial charge is 0.405 e. The van der Waals surface area contributed by atoms with Crippen LogP contribution in [0.25, 0.3) is 33.6 Å². The minimum atomic E-state index is -1.07. The highest BCUT2D eigenvalue weighted by Gasteiger charge is 2.30. The normalized spacial score (nSPS) is 16.7. The standard InChI is InChI=1S/C28H32N6O2/c1-28(2,3)24(34-27(35)36)26-31-16-23(33-26)20-12-8-18(9-13-20)17-6-10-19(11-7-17)22-15-30-25(32-22)21-5-4-14-29-21/h6-13,15-16,21,24,29,34H,4-5,14H2,1-3H3,(H,30,32)(H,31,33)(H,35,36)/t21-,24+/m0/s1. The lowest BCUT2D eigenvalue weighted by Crippen LogP contribution is -2.36. The van der Waals surface area contributed by atoms with Crippen LogP contribution >= 0.6 is 0 Å². The molecule has 2 atom stereocenters. The fourth-order valence-corrected chi connectivity index (χ4v) is 4.71. The van der Waals surface area contributed by atoms with Crippen molar-refractivity contribution in [2.24, 2.45) is 5.41 Å². The number of aromatic nitrogens is 4. The van der Waals surface area contributed by atoms with Crippen molar-refractivity contribution in [3.05, 3.63) is 72.6 Å². The quantitative estimate of drug-likeness (QED) is 0.233. The van der Waals surface area contributed by atoms with E-state index in [0.717, 1.165) is 52.4 Å². The SMILES string of the molecule is CC(C)(C)[C@H](NC(=O)O)c1ncc(-c2ccc(-c3ccc(-c4cnc([C@@H]5CCCN5)[nH]4)cc3)cc2)[nH]1. The lowest BCUT2D eigenvalue weighted by Gasteiger charge is -2.28. The topological polar surface area (TPSA) is 119 Å². The molecule has 1 fully saturated rings. The summed E-state index contributed by atoms with van der Waals surface area (Å²) >= 11 is 0. The maximum Gasteiger partial charge on any atom is 0.405 e. The van der Waals surface area contributed by atoms with Crippen molar-refractivity contribution in [2.75, 3.05) is 6.54 Å². The number of rotatable bonds is 6. The maximum absolute atomic E-state index is 11.3. The number of hydrogen-bond acceptors (Lipinski definition) is 4. The van der Waals surface area contributed by atoms with E-state index in [4.69, 9.17) is 0 Å². The van der Waals surface area contributed by atoms with Crippen LogP contribution in [-0.4, -0.2) is 37.7 Å². The molecule has 1 aliphatic rings. The zero-order valence-electron chi connectivity index (χ0n) is 20.8. The largest absolute Gasteiger partial charge is 0.465 e. The van der Waals surface area contributed by atoms with E-state index < -0.39 is 12.1 Å². The first-order chi connectivity index (χ1) is 17.3. The van der Waals surface area contributed by atoms with Crippen LogP contribution in [0.1, 0.15) is 57.3 Å². The minimum absolute atomic E-state index is 0.325. The van der Waals surface area contributed by atoms with Crippen molar-refractivity contribution in [2.45, 2.75) is 45.7 Å². The molecule has 1 saturated heterocycles. The molecule has 8 heteroatoms. The van der Waals surface area contributed by atoms with Gasteiger partial charge in [0, 0.05) is 0 Å². The molecule has 0 aliphatic carbocycles. The molecule has 1 amide bonds. The second-order valence-corrected chi connectivity index (χ2v) is 10.4. The number of amides is 1. The number of aromatic amines is 2. The van der Waals surface area contributed by atoms with E-state index in [9.17, 15) is 9.90 Å². The molecule has 0 saturated carbocycles. The minimum Gasteiger partial charge on any atom is -0.465 e. The maximum atomic E-state index is 11.3. The molecule has 2 aromatic heterocycles. The second-order valence-electron chi connectivity index (χ2n) is 10.4. The van der Waals surface area contributed by atoms with E-state index in [0.29, 0.717) is 11.9 Å². The molecule has 186 valence electrons. The van der Waals surface area contributed by atoms with Gasteiger partial charge in [-0.15, -0.1) is 0 Å². The monoisotopic (exact) mass is 484 g/mol. The Morgan fingerprint density at radius 2 is 1.47 bits per heavy atom. The number of H-pyrrole nitrogens is 2. The molecule has 2 aromatic carbocycles. The van der Waals surface area contributed by atoms with Crippen molar-refractivity contribution >= 4 is 6.09 Å². The number of carbonyl (C=O) groups is 1. The first-order valence-electron chi connectivity index (χ1n) is 12.3. The van der Waals surface area contributed by atoms with Crippen molar-refractivity contribution < 1.29 is 9.90 Å². The first kappa shape index (κ1) is 23.8. The summed E-state index contributed by atoms with van der Waals surface area (Å²) in [5, 5.41) is 15.3. The third-order valence-corrected chi connectivity index (χ3v) is 6.71. The van der Waals surface area contributed by atoms with Crippen LogP contribution in [0.3, 0.4) is 0 Å². The van der Waals surface area contributed by atoms with E-state index in [-0.39, 0.29) is 5.41 Å². The van der Waals surface area contributed by atoms with Gasteiger partial charge in [-0.2, -0.15) is 0 Å². The first-order valence-corrected chi connectivity index (χ1v) is 12.3. The Balaban J connectivity index is 1.30. The number of nitrogens with one attached hydrogen (secondary N) is 4. The van der Waals surface area contributed by atoms with Crippen molar-refractivity contribution in [3.8, 4) is 33.6 Å². The van der Waals surface area contributed by atoms with Crippen LogP contribution in [0.15, 0.2) is 60.9 Å². The molecule has 0 bridgehead atoms. The van der Waals surface area contributed by atoms with Crippen LogP contribution in [-0.2, 0) is 0 Å². The molecule has 8 nitrogen and oxygen atoms in total. The van der Waals surface area contributed by atoms with Crippen molar-refractivity contribution in [3.63, 3.8) is 0 Å². The zero-order valence-corrected chi connectivity index (χ0v) is 20.8. The van der Waals surface area contributed by atoms with Crippen molar-refractivity contribution in [1.29, 1.82) is 0 Å². The molecule has 4 aromatic rings. The molecule has 3 heterocycles. The van der Waals surface area contributed by atoms with Gasteiger partial charge in [0.25, 0.3) is 0 Å². The lowest BCUT2D eigenvalue weighted by atomic mass is 9.86. The van der Waals surface area contributed by atoms with Gasteiger partial charge in [-0.1, -0.05) is 69.3 Å². The van der Waals surface area contributed by atoms with Crippen LogP contribution in [0.2, 0.25) is 0 Å². The zero-order chi connectivity index (χ0) is 25.3. The van der Waals surface area contributed by atoms with E-state index in [1.54, 1.807) is 6.20 Å². The molecular weight excluding hydrogens is 452 g/mol. The average Bonchev–Trinajstić information content (AvgIpc) is 3.64. The lowest BCUT2D eigenvalue weighted by molar-refractivity contribution is 0.173. The van der Waals surface area contributed by atoms with E-state index >= 15 is 0 Å². The Kier molecular flexibility index (Phi) is 6.36.